The van der Waals surface area contributed by atoms with Crippen molar-refractivity contribution in [2.75, 3.05) is 17.7 Å². The van der Waals surface area contributed by atoms with Crippen molar-refractivity contribution in [3.05, 3.63) is 72.1 Å². The lowest BCUT2D eigenvalue weighted by molar-refractivity contribution is 0.102. The Bertz CT molecular complexity index is 838. The SMILES string of the molecule is COc1cccc(C(=O)Nc2ccc(NCc3cccnc3)nn2)c1. The summed E-state index contributed by atoms with van der Waals surface area (Å²) < 4.78 is 5.11. The molecule has 7 nitrogen and oxygen atoms in total. The minimum Gasteiger partial charge on any atom is -0.497 e. The molecule has 0 spiro atoms. The van der Waals surface area contributed by atoms with Gasteiger partial charge in [0.1, 0.15) is 11.6 Å². The second kappa shape index (κ2) is 7.87. The topological polar surface area (TPSA) is 89.0 Å². The number of methoxy groups -OCH3 is 1. The first-order valence-corrected chi connectivity index (χ1v) is 7.66. The van der Waals surface area contributed by atoms with Gasteiger partial charge in [-0.05, 0) is 42.0 Å². The summed E-state index contributed by atoms with van der Waals surface area (Å²) in [6.07, 6.45) is 3.51. The van der Waals surface area contributed by atoms with Crippen LogP contribution in [0.3, 0.4) is 0 Å². The lowest BCUT2D eigenvalue weighted by Crippen LogP contribution is -2.13. The number of benzene rings is 1. The van der Waals surface area contributed by atoms with Crippen molar-refractivity contribution in [3.63, 3.8) is 0 Å². The second-order valence-electron chi connectivity index (χ2n) is 5.20. The maximum atomic E-state index is 12.2. The Morgan fingerprint density at radius 1 is 1.08 bits per heavy atom. The Balaban J connectivity index is 1.59. The molecule has 3 aromatic rings. The summed E-state index contributed by atoms with van der Waals surface area (Å²) in [5, 5.41) is 13.9. The quantitative estimate of drug-likeness (QED) is 0.720. The number of nitrogens with zero attached hydrogens (tertiary/aromatic N) is 3. The molecule has 0 saturated carbocycles. The van der Waals surface area contributed by atoms with Crippen LogP contribution in [-0.2, 0) is 6.54 Å². The van der Waals surface area contributed by atoms with E-state index in [0.717, 1.165) is 5.56 Å². The molecule has 0 bridgehead atoms. The van der Waals surface area contributed by atoms with Crippen molar-refractivity contribution in [1.29, 1.82) is 0 Å². The number of aromatic nitrogens is 3. The molecule has 2 N–H and O–H groups in total. The molecule has 3 rings (SSSR count). The average molecular weight is 335 g/mol. The van der Waals surface area contributed by atoms with E-state index in [0.29, 0.717) is 29.5 Å². The molecule has 25 heavy (non-hydrogen) atoms. The lowest BCUT2D eigenvalue weighted by atomic mass is 10.2. The van der Waals surface area contributed by atoms with E-state index in [1.165, 1.54) is 0 Å². The molecular weight excluding hydrogens is 318 g/mol. The third kappa shape index (κ3) is 4.51. The smallest absolute Gasteiger partial charge is 0.256 e. The average Bonchev–Trinajstić information content (AvgIpc) is 2.68. The van der Waals surface area contributed by atoms with Crippen LogP contribution in [-0.4, -0.2) is 28.2 Å². The number of anilines is 2. The summed E-state index contributed by atoms with van der Waals surface area (Å²) in [4.78, 5) is 16.3. The van der Waals surface area contributed by atoms with Gasteiger partial charge in [0, 0.05) is 24.5 Å². The van der Waals surface area contributed by atoms with Crippen molar-refractivity contribution in [3.8, 4) is 5.75 Å². The third-order valence-corrected chi connectivity index (χ3v) is 3.43. The second-order valence-corrected chi connectivity index (χ2v) is 5.20. The van der Waals surface area contributed by atoms with Crippen LogP contribution in [0.15, 0.2) is 60.9 Å². The van der Waals surface area contributed by atoms with Gasteiger partial charge in [-0.15, -0.1) is 10.2 Å². The van der Waals surface area contributed by atoms with E-state index in [1.54, 1.807) is 55.9 Å². The van der Waals surface area contributed by atoms with Crippen LogP contribution >= 0.6 is 0 Å². The Labute approximate surface area is 145 Å². The zero-order chi connectivity index (χ0) is 17.5. The number of hydrogen-bond donors (Lipinski definition) is 2. The fourth-order valence-electron chi connectivity index (χ4n) is 2.14. The summed E-state index contributed by atoms with van der Waals surface area (Å²) in [6, 6.07) is 14.2. The van der Waals surface area contributed by atoms with Crippen LogP contribution in [0.25, 0.3) is 0 Å². The van der Waals surface area contributed by atoms with Gasteiger partial charge in [-0.1, -0.05) is 12.1 Å². The monoisotopic (exact) mass is 335 g/mol. The number of carbonyl (C=O) groups is 1. The van der Waals surface area contributed by atoms with Crippen molar-refractivity contribution in [2.24, 2.45) is 0 Å². The summed E-state index contributed by atoms with van der Waals surface area (Å²) in [6.45, 7) is 0.595. The number of ether oxygens (including phenoxy) is 1. The molecule has 0 atom stereocenters. The number of rotatable bonds is 6. The number of amides is 1. The fourth-order valence-corrected chi connectivity index (χ4v) is 2.14. The fraction of sp³-hybridized carbons (Fsp3) is 0.111. The van der Waals surface area contributed by atoms with Gasteiger partial charge in [0.25, 0.3) is 5.91 Å². The van der Waals surface area contributed by atoms with Crippen LogP contribution < -0.4 is 15.4 Å². The molecule has 0 aliphatic rings. The van der Waals surface area contributed by atoms with Crippen LogP contribution in [0.5, 0.6) is 5.75 Å². The van der Waals surface area contributed by atoms with E-state index >= 15 is 0 Å². The number of nitrogens with one attached hydrogen (secondary N) is 2. The lowest BCUT2D eigenvalue weighted by Gasteiger charge is -2.07. The highest BCUT2D eigenvalue weighted by Gasteiger charge is 2.08. The van der Waals surface area contributed by atoms with E-state index in [4.69, 9.17) is 4.74 Å². The van der Waals surface area contributed by atoms with Crippen LogP contribution in [0.4, 0.5) is 11.6 Å². The normalized spacial score (nSPS) is 10.1. The van der Waals surface area contributed by atoms with Crippen molar-refractivity contribution < 1.29 is 9.53 Å². The van der Waals surface area contributed by atoms with Gasteiger partial charge in [-0.25, -0.2) is 0 Å². The molecule has 1 amide bonds. The molecule has 0 unspecified atom stereocenters. The third-order valence-electron chi connectivity index (χ3n) is 3.43. The Morgan fingerprint density at radius 2 is 1.92 bits per heavy atom. The zero-order valence-corrected chi connectivity index (χ0v) is 13.6. The largest absolute Gasteiger partial charge is 0.497 e. The maximum Gasteiger partial charge on any atom is 0.256 e. The van der Waals surface area contributed by atoms with E-state index in [9.17, 15) is 4.79 Å². The first-order valence-electron chi connectivity index (χ1n) is 7.66. The molecule has 0 aliphatic carbocycles. The molecule has 0 radical (unpaired) electrons. The van der Waals surface area contributed by atoms with Gasteiger partial charge >= 0.3 is 0 Å². The van der Waals surface area contributed by atoms with Crippen molar-refractivity contribution in [2.45, 2.75) is 6.54 Å². The summed E-state index contributed by atoms with van der Waals surface area (Å²) in [5.74, 6) is 1.33. The molecular formula is C18H17N5O2. The van der Waals surface area contributed by atoms with E-state index in [1.807, 2.05) is 12.1 Å². The summed E-state index contributed by atoms with van der Waals surface area (Å²) in [5.41, 5.74) is 1.53. The summed E-state index contributed by atoms with van der Waals surface area (Å²) in [7, 11) is 1.56. The number of pyridine rings is 1. The highest BCUT2D eigenvalue weighted by Crippen LogP contribution is 2.14. The minimum absolute atomic E-state index is 0.274. The maximum absolute atomic E-state index is 12.2. The Morgan fingerprint density at radius 3 is 2.64 bits per heavy atom. The first-order chi connectivity index (χ1) is 12.2. The van der Waals surface area contributed by atoms with E-state index in [-0.39, 0.29) is 5.91 Å². The molecule has 2 aromatic heterocycles. The van der Waals surface area contributed by atoms with E-state index in [2.05, 4.69) is 25.8 Å². The van der Waals surface area contributed by atoms with Crippen LogP contribution in [0.1, 0.15) is 15.9 Å². The molecule has 2 heterocycles. The highest BCUT2D eigenvalue weighted by atomic mass is 16.5. The van der Waals surface area contributed by atoms with Gasteiger partial charge < -0.3 is 15.4 Å². The first kappa shape index (κ1) is 16.4. The molecule has 0 fully saturated rings. The van der Waals surface area contributed by atoms with Gasteiger partial charge in [-0.3, -0.25) is 9.78 Å². The van der Waals surface area contributed by atoms with Crippen LogP contribution in [0, 0.1) is 0 Å². The Kier molecular flexibility index (Phi) is 5.16. The zero-order valence-electron chi connectivity index (χ0n) is 13.6. The van der Waals surface area contributed by atoms with Gasteiger partial charge in [0.2, 0.25) is 0 Å². The predicted octanol–water partition coefficient (Wildman–Crippen LogP) is 2.74. The molecule has 7 heteroatoms. The minimum atomic E-state index is -0.274. The molecule has 126 valence electrons. The number of carbonyl (C=O) groups excluding carboxylic acids is 1. The standard InChI is InChI=1S/C18H17N5O2/c1-25-15-6-2-5-14(10-15)18(24)21-17-8-7-16(22-23-17)20-12-13-4-3-9-19-11-13/h2-11H,12H2,1H3,(H,20,22)(H,21,23,24). The van der Waals surface area contributed by atoms with Crippen LogP contribution in [0.2, 0.25) is 0 Å². The predicted molar refractivity (Wildman–Crippen MR) is 94.5 cm³/mol. The highest BCUT2D eigenvalue weighted by molar-refractivity contribution is 6.03. The summed E-state index contributed by atoms with van der Waals surface area (Å²) >= 11 is 0. The van der Waals surface area contributed by atoms with Crippen molar-refractivity contribution >= 4 is 17.5 Å². The van der Waals surface area contributed by atoms with E-state index < -0.39 is 0 Å². The Hall–Kier alpha value is -3.48. The van der Waals surface area contributed by atoms with Gasteiger partial charge in [0.15, 0.2) is 5.82 Å². The van der Waals surface area contributed by atoms with Gasteiger partial charge in [0.05, 0.1) is 7.11 Å². The molecule has 0 aliphatic heterocycles. The van der Waals surface area contributed by atoms with Crippen molar-refractivity contribution in [1.82, 2.24) is 15.2 Å². The van der Waals surface area contributed by atoms with Gasteiger partial charge in [-0.2, -0.15) is 0 Å². The molecule has 1 aromatic carbocycles. The number of hydrogen-bond acceptors (Lipinski definition) is 6. The molecule has 0 saturated heterocycles.